The van der Waals surface area contributed by atoms with Crippen molar-refractivity contribution in [3.05, 3.63) is 81.4 Å². The van der Waals surface area contributed by atoms with Crippen molar-refractivity contribution in [1.82, 2.24) is 19.7 Å². The maximum atomic E-state index is 13.6. The molecule has 188 valence electrons. The SMILES string of the molecule is Cc1ccc(NC(=O)C2CCCN(C(=O)c3nn(-c4ccccc4C(F)(F)F)c(C)cc3=O)C2)nc1. The highest BCUT2D eigenvalue weighted by molar-refractivity contribution is 5.94. The number of amides is 2. The topological polar surface area (TPSA) is 97.2 Å². The van der Waals surface area contributed by atoms with E-state index >= 15 is 0 Å². The van der Waals surface area contributed by atoms with Crippen LogP contribution in [0.5, 0.6) is 0 Å². The predicted octanol–water partition coefficient (Wildman–Crippen LogP) is 3.75. The first kappa shape index (κ1) is 25.1. The van der Waals surface area contributed by atoms with Gasteiger partial charge in [-0.15, -0.1) is 0 Å². The van der Waals surface area contributed by atoms with E-state index in [2.05, 4.69) is 15.4 Å². The zero-order chi connectivity index (χ0) is 26.0. The summed E-state index contributed by atoms with van der Waals surface area (Å²) < 4.78 is 41.7. The van der Waals surface area contributed by atoms with E-state index in [0.29, 0.717) is 25.2 Å². The molecule has 1 unspecified atom stereocenters. The van der Waals surface area contributed by atoms with Gasteiger partial charge in [-0.1, -0.05) is 18.2 Å². The molecular formula is C25H24F3N5O3. The van der Waals surface area contributed by atoms with E-state index in [4.69, 9.17) is 0 Å². The van der Waals surface area contributed by atoms with Gasteiger partial charge in [-0.2, -0.15) is 18.3 Å². The second kappa shape index (κ2) is 9.92. The van der Waals surface area contributed by atoms with Crippen LogP contribution in [-0.2, 0) is 11.0 Å². The van der Waals surface area contributed by atoms with Gasteiger partial charge in [0.15, 0.2) is 5.69 Å². The molecule has 2 aromatic heterocycles. The highest BCUT2D eigenvalue weighted by Crippen LogP contribution is 2.33. The van der Waals surface area contributed by atoms with Crippen LogP contribution in [0.15, 0.2) is 53.5 Å². The lowest BCUT2D eigenvalue weighted by molar-refractivity contribution is -0.137. The average molecular weight is 499 g/mol. The summed E-state index contributed by atoms with van der Waals surface area (Å²) in [6, 6.07) is 9.38. The molecule has 0 spiro atoms. The van der Waals surface area contributed by atoms with Crippen LogP contribution in [0.1, 0.15) is 40.2 Å². The molecule has 36 heavy (non-hydrogen) atoms. The number of hydrogen-bond acceptors (Lipinski definition) is 5. The number of para-hydroxylation sites is 1. The monoisotopic (exact) mass is 499 g/mol. The van der Waals surface area contributed by atoms with Gasteiger partial charge in [0.05, 0.1) is 17.2 Å². The largest absolute Gasteiger partial charge is 0.418 e. The van der Waals surface area contributed by atoms with Gasteiger partial charge in [0.25, 0.3) is 5.91 Å². The quantitative estimate of drug-likeness (QED) is 0.590. The number of anilines is 1. The maximum Gasteiger partial charge on any atom is 0.418 e. The number of alkyl halides is 3. The molecule has 3 aromatic rings. The van der Waals surface area contributed by atoms with Crippen molar-refractivity contribution in [2.24, 2.45) is 5.92 Å². The fourth-order valence-electron chi connectivity index (χ4n) is 4.13. The molecule has 1 aliphatic rings. The summed E-state index contributed by atoms with van der Waals surface area (Å²) in [6.07, 6.45) is -1.98. The van der Waals surface area contributed by atoms with Gasteiger partial charge < -0.3 is 10.2 Å². The lowest BCUT2D eigenvalue weighted by Crippen LogP contribution is -2.45. The molecule has 1 fully saturated rings. The lowest BCUT2D eigenvalue weighted by Gasteiger charge is -2.31. The minimum Gasteiger partial charge on any atom is -0.336 e. The summed E-state index contributed by atoms with van der Waals surface area (Å²) in [7, 11) is 0. The number of pyridine rings is 1. The highest BCUT2D eigenvalue weighted by atomic mass is 19.4. The maximum absolute atomic E-state index is 13.6. The van der Waals surface area contributed by atoms with E-state index in [0.717, 1.165) is 22.4 Å². The molecule has 1 aromatic carbocycles. The van der Waals surface area contributed by atoms with Crippen LogP contribution in [0.25, 0.3) is 5.69 Å². The summed E-state index contributed by atoms with van der Waals surface area (Å²) in [5.74, 6) is -1.19. The van der Waals surface area contributed by atoms with Crippen LogP contribution < -0.4 is 10.7 Å². The number of aromatic nitrogens is 3. The Hall–Kier alpha value is -4.02. The van der Waals surface area contributed by atoms with Crippen LogP contribution in [0, 0.1) is 19.8 Å². The standard InChI is InChI=1S/C25H24F3N5O3/c1-15-9-10-21(29-13-15)30-23(35)17-6-5-11-32(14-17)24(36)22-20(34)12-16(2)33(31-22)19-8-4-3-7-18(19)25(26,27)28/h3-4,7-10,12-13,17H,5-6,11,14H2,1-2H3,(H,29,30,35). The first-order valence-electron chi connectivity index (χ1n) is 11.3. The Morgan fingerprint density at radius 2 is 1.86 bits per heavy atom. The molecule has 3 heterocycles. The fourth-order valence-corrected chi connectivity index (χ4v) is 4.13. The number of hydrogen-bond donors (Lipinski definition) is 1. The smallest absolute Gasteiger partial charge is 0.336 e. The normalized spacial score (nSPS) is 16.0. The molecule has 1 saturated heterocycles. The number of nitrogens with zero attached hydrogens (tertiary/aromatic N) is 4. The molecule has 1 atom stereocenters. The number of rotatable bonds is 4. The van der Waals surface area contributed by atoms with Crippen molar-refractivity contribution in [1.29, 1.82) is 0 Å². The van der Waals surface area contributed by atoms with Crippen molar-refractivity contribution >= 4 is 17.6 Å². The van der Waals surface area contributed by atoms with Crippen molar-refractivity contribution in [3.8, 4) is 5.69 Å². The molecule has 1 N–H and O–H groups in total. The molecule has 0 bridgehead atoms. The third-order valence-electron chi connectivity index (χ3n) is 5.99. The van der Waals surface area contributed by atoms with Crippen molar-refractivity contribution in [2.45, 2.75) is 32.9 Å². The number of aryl methyl sites for hydroxylation is 2. The molecule has 0 saturated carbocycles. The van der Waals surface area contributed by atoms with E-state index in [1.165, 1.54) is 30.0 Å². The molecule has 2 amide bonds. The number of halogens is 3. The molecular weight excluding hydrogens is 475 g/mol. The minimum absolute atomic E-state index is 0.0463. The zero-order valence-corrected chi connectivity index (χ0v) is 19.7. The van der Waals surface area contributed by atoms with Gasteiger partial charge in [-0.25, -0.2) is 9.67 Å². The Labute approximate surface area is 204 Å². The van der Waals surface area contributed by atoms with Crippen LogP contribution in [0.2, 0.25) is 0 Å². The Bertz CT molecular complexity index is 1350. The number of carbonyl (C=O) groups excluding carboxylic acids is 2. The molecule has 11 heteroatoms. The Balaban J connectivity index is 1.59. The van der Waals surface area contributed by atoms with E-state index < -0.39 is 34.7 Å². The summed E-state index contributed by atoms with van der Waals surface area (Å²) in [4.78, 5) is 44.1. The average Bonchev–Trinajstić information content (AvgIpc) is 2.85. The third kappa shape index (κ3) is 5.29. The van der Waals surface area contributed by atoms with E-state index in [-0.39, 0.29) is 23.8 Å². The molecule has 0 radical (unpaired) electrons. The first-order valence-corrected chi connectivity index (χ1v) is 11.3. The van der Waals surface area contributed by atoms with E-state index in [1.54, 1.807) is 12.3 Å². The van der Waals surface area contributed by atoms with Gasteiger partial charge in [0.2, 0.25) is 11.3 Å². The Morgan fingerprint density at radius 3 is 2.56 bits per heavy atom. The summed E-state index contributed by atoms with van der Waals surface area (Å²) in [6.45, 7) is 3.65. The number of piperidine rings is 1. The second-order valence-corrected chi connectivity index (χ2v) is 8.73. The fraction of sp³-hybridized carbons (Fsp3) is 0.320. The predicted molar refractivity (Wildman–Crippen MR) is 126 cm³/mol. The molecule has 1 aliphatic heterocycles. The molecule has 8 nitrogen and oxygen atoms in total. The summed E-state index contributed by atoms with van der Waals surface area (Å²) in [5, 5.41) is 6.77. The van der Waals surface area contributed by atoms with Crippen LogP contribution in [-0.4, -0.2) is 44.6 Å². The summed E-state index contributed by atoms with van der Waals surface area (Å²) in [5.41, 5.74) is -1.35. The van der Waals surface area contributed by atoms with E-state index in [1.807, 2.05) is 13.0 Å². The van der Waals surface area contributed by atoms with Crippen LogP contribution >= 0.6 is 0 Å². The van der Waals surface area contributed by atoms with Crippen molar-refractivity contribution in [2.75, 3.05) is 18.4 Å². The second-order valence-electron chi connectivity index (χ2n) is 8.73. The minimum atomic E-state index is -4.65. The van der Waals surface area contributed by atoms with Crippen LogP contribution in [0.4, 0.5) is 19.0 Å². The van der Waals surface area contributed by atoms with E-state index in [9.17, 15) is 27.6 Å². The highest BCUT2D eigenvalue weighted by Gasteiger charge is 2.35. The number of nitrogens with one attached hydrogen (secondary N) is 1. The third-order valence-corrected chi connectivity index (χ3v) is 5.99. The number of carbonyl (C=O) groups is 2. The van der Waals surface area contributed by atoms with Crippen molar-refractivity contribution < 1.29 is 22.8 Å². The lowest BCUT2D eigenvalue weighted by atomic mass is 9.96. The van der Waals surface area contributed by atoms with Gasteiger partial charge in [0, 0.05) is 31.0 Å². The van der Waals surface area contributed by atoms with Gasteiger partial charge >= 0.3 is 6.18 Å². The Kier molecular flexibility index (Phi) is 6.91. The van der Waals surface area contributed by atoms with Crippen LogP contribution in [0.3, 0.4) is 0 Å². The van der Waals surface area contributed by atoms with Gasteiger partial charge in [-0.3, -0.25) is 14.4 Å². The van der Waals surface area contributed by atoms with Gasteiger partial charge in [0.1, 0.15) is 5.82 Å². The number of likely N-dealkylation sites (tertiary alicyclic amines) is 1. The first-order chi connectivity index (χ1) is 17.0. The van der Waals surface area contributed by atoms with Crippen molar-refractivity contribution in [3.63, 3.8) is 0 Å². The summed E-state index contributed by atoms with van der Waals surface area (Å²) >= 11 is 0. The zero-order valence-electron chi connectivity index (χ0n) is 19.7. The van der Waals surface area contributed by atoms with Gasteiger partial charge in [-0.05, 0) is 50.5 Å². The molecule has 4 rings (SSSR count). The molecule has 0 aliphatic carbocycles. The Morgan fingerprint density at radius 1 is 1.11 bits per heavy atom. The number of benzene rings is 1.